The summed E-state index contributed by atoms with van der Waals surface area (Å²) in [5.41, 5.74) is 5.37. The summed E-state index contributed by atoms with van der Waals surface area (Å²) in [7, 11) is 0. The van der Waals surface area contributed by atoms with Crippen molar-refractivity contribution in [2.24, 2.45) is 5.73 Å². The van der Waals surface area contributed by atoms with Crippen molar-refractivity contribution in [3.8, 4) is 0 Å². The van der Waals surface area contributed by atoms with Crippen LogP contribution in [0.25, 0.3) is 0 Å². The van der Waals surface area contributed by atoms with Gasteiger partial charge in [0, 0.05) is 12.6 Å². The molecule has 0 spiro atoms. The van der Waals surface area contributed by atoms with E-state index in [9.17, 15) is 0 Å². The van der Waals surface area contributed by atoms with Crippen LogP contribution in [-0.2, 0) is 0 Å². The molecule has 0 aromatic heterocycles. The zero-order chi connectivity index (χ0) is 5.70. The van der Waals surface area contributed by atoms with Crippen molar-refractivity contribution in [3.63, 3.8) is 0 Å². The molecule has 3 N–H and O–H groups in total. The van der Waals surface area contributed by atoms with E-state index < -0.39 is 0 Å². The number of hydrogen-bond donors (Lipinski definition) is 2. The predicted molar refractivity (Wildman–Crippen MR) is 30.0 cm³/mol. The molecule has 7 heavy (non-hydrogen) atoms. The molecule has 0 heterocycles. The summed E-state index contributed by atoms with van der Waals surface area (Å²) in [4.78, 5) is 0. The average Bonchev–Trinajstić information content (AvgIpc) is 1.61. The zero-order valence-corrected chi connectivity index (χ0v) is 4.72. The Labute approximate surface area is 44.3 Å². The van der Waals surface area contributed by atoms with Crippen molar-refractivity contribution in [2.45, 2.75) is 25.8 Å². The van der Waals surface area contributed by atoms with Crippen molar-refractivity contribution >= 4 is 0 Å². The summed E-state index contributed by atoms with van der Waals surface area (Å²) in [5.74, 6) is 0. The summed E-state index contributed by atoms with van der Waals surface area (Å²) in [6.07, 6.45) is 1.76. The van der Waals surface area contributed by atoms with Crippen LogP contribution in [-0.4, -0.2) is 17.8 Å². The molecule has 0 fully saturated rings. The molecule has 0 aliphatic rings. The van der Waals surface area contributed by atoms with Crippen molar-refractivity contribution in [3.05, 3.63) is 0 Å². The van der Waals surface area contributed by atoms with Crippen LogP contribution in [0.15, 0.2) is 0 Å². The summed E-state index contributed by atoms with van der Waals surface area (Å²) < 4.78 is 0. The molecular formula is C5H13NO. The van der Waals surface area contributed by atoms with Crippen molar-refractivity contribution in [1.29, 1.82) is 0 Å². The molecule has 0 saturated carbocycles. The number of nitrogens with two attached hydrogens (primary N) is 1. The topological polar surface area (TPSA) is 46.2 Å². The van der Waals surface area contributed by atoms with Crippen LogP contribution in [0, 0.1) is 0 Å². The second kappa shape index (κ2) is 4.09. The molecule has 2 heteroatoms. The quantitative estimate of drug-likeness (QED) is 0.532. The lowest BCUT2D eigenvalue weighted by atomic mass is 10.2. The molecule has 0 aliphatic carbocycles. The van der Waals surface area contributed by atoms with Gasteiger partial charge in [0.1, 0.15) is 0 Å². The third kappa shape index (κ3) is 5.92. The third-order valence-electron chi connectivity index (χ3n) is 0.818. The van der Waals surface area contributed by atoms with E-state index in [1.54, 1.807) is 0 Å². The molecule has 0 amide bonds. The van der Waals surface area contributed by atoms with Gasteiger partial charge in [0.2, 0.25) is 0 Å². The maximum absolute atomic E-state index is 8.26. The van der Waals surface area contributed by atoms with Crippen LogP contribution >= 0.6 is 0 Å². The molecule has 0 saturated heterocycles. The molecule has 0 bridgehead atoms. The van der Waals surface area contributed by atoms with Gasteiger partial charge < -0.3 is 10.8 Å². The van der Waals surface area contributed by atoms with Crippen molar-refractivity contribution < 1.29 is 5.11 Å². The summed E-state index contributed by atoms with van der Waals surface area (Å²) in [5, 5.41) is 8.26. The highest BCUT2D eigenvalue weighted by Gasteiger charge is 1.89. The predicted octanol–water partition coefficient (Wildman–Crippen LogP) is 0.106. The molecule has 1 atom stereocenters. The highest BCUT2D eigenvalue weighted by atomic mass is 16.2. The Morgan fingerprint density at radius 3 is 2.43 bits per heavy atom. The van der Waals surface area contributed by atoms with Crippen molar-refractivity contribution in [2.75, 3.05) is 6.61 Å². The Morgan fingerprint density at radius 1 is 1.71 bits per heavy atom. The van der Waals surface area contributed by atoms with Gasteiger partial charge in [-0.15, -0.1) is 0 Å². The number of aliphatic hydroxyl groups excluding tert-OH is 1. The standard InChI is InChI=1S/C5H13NO/c1-5(6)3-2-4-7/h5,7H,2-4,6H2,1H3. The van der Waals surface area contributed by atoms with Crippen molar-refractivity contribution in [1.82, 2.24) is 0 Å². The highest BCUT2D eigenvalue weighted by molar-refractivity contribution is 4.50. The van der Waals surface area contributed by atoms with Crippen LogP contribution < -0.4 is 5.73 Å². The molecule has 0 aromatic carbocycles. The van der Waals surface area contributed by atoms with Crippen LogP contribution in [0.1, 0.15) is 19.8 Å². The van der Waals surface area contributed by atoms with E-state index in [0.29, 0.717) is 0 Å². The minimum Gasteiger partial charge on any atom is -0.396 e. The first-order valence-corrected chi connectivity index (χ1v) is 2.64. The van der Waals surface area contributed by atoms with Gasteiger partial charge in [-0.25, -0.2) is 0 Å². The molecule has 2 nitrogen and oxygen atoms in total. The van der Waals surface area contributed by atoms with E-state index in [2.05, 4.69) is 0 Å². The minimum atomic E-state index is 0.243. The van der Waals surface area contributed by atoms with Crippen LogP contribution in [0.2, 0.25) is 0 Å². The Bertz CT molecular complexity index is 37.1. The van der Waals surface area contributed by atoms with Gasteiger partial charge >= 0.3 is 0 Å². The van der Waals surface area contributed by atoms with Gasteiger partial charge in [-0.1, -0.05) is 0 Å². The highest BCUT2D eigenvalue weighted by Crippen LogP contribution is 1.89. The smallest absolute Gasteiger partial charge is 0.0431 e. The molecule has 0 aromatic rings. The van der Waals surface area contributed by atoms with E-state index >= 15 is 0 Å². The fraction of sp³-hybridized carbons (Fsp3) is 1.00. The van der Waals surface area contributed by atoms with Gasteiger partial charge in [0.25, 0.3) is 0 Å². The van der Waals surface area contributed by atoms with Gasteiger partial charge in [0.05, 0.1) is 0 Å². The van der Waals surface area contributed by atoms with Crippen LogP contribution in [0.4, 0.5) is 0 Å². The monoisotopic (exact) mass is 103 g/mol. The molecule has 0 radical (unpaired) electrons. The SMILES string of the molecule is CC(N)CCCO. The van der Waals surface area contributed by atoms with E-state index in [-0.39, 0.29) is 12.6 Å². The van der Waals surface area contributed by atoms with Gasteiger partial charge in [-0.2, -0.15) is 0 Å². The lowest BCUT2D eigenvalue weighted by molar-refractivity contribution is 0.281. The Hall–Kier alpha value is -0.0800. The first-order valence-electron chi connectivity index (χ1n) is 2.64. The average molecular weight is 103 g/mol. The lowest BCUT2D eigenvalue weighted by Crippen LogP contribution is -2.14. The van der Waals surface area contributed by atoms with Gasteiger partial charge in [-0.3, -0.25) is 0 Å². The Kier molecular flexibility index (Phi) is 4.04. The summed E-state index contributed by atoms with van der Waals surface area (Å²) >= 11 is 0. The first-order chi connectivity index (χ1) is 3.27. The van der Waals surface area contributed by atoms with Crippen LogP contribution in [0.3, 0.4) is 0 Å². The summed E-state index contributed by atoms with van der Waals surface area (Å²) in [6, 6.07) is 0.243. The maximum atomic E-state index is 8.26. The molecule has 0 aliphatic heterocycles. The van der Waals surface area contributed by atoms with Gasteiger partial charge in [-0.05, 0) is 19.8 Å². The number of hydrogen-bond acceptors (Lipinski definition) is 2. The maximum Gasteiger partial charge on any atom is 0.0431 e. The minimum absolute atomic E-state index is 0.243. The van der Waals surface area contributed by atoms with E-state index in [4.69, 9.17) is 10.8 Å². The first kappa shape index (κ1) is 6.92. The van der Waals surface area contributed by atoms with E-state index in [1.807, 2.05) is 6.92 Å². The fourth-order valence-electron chi connectivity index (χ4n) is 0.413. The molecule has 44 valence electrons. The fourth-order valence-corrected chi connectivity index (χ4v) is 0.413. The molecule has 1 unspecified atom stereocenters. The Morgan fingerprint density at radius 2 is 2.29 bits per heavy atom. The second-order valence-corrected chi connectivity index (χ2v) is 1.84. The third-order valence-corrected chi connectivity index (χ3v) is 0.818. The number of aliphatic hydroxyl groups is 1. The molecular weight excluding hydrogens is 90.1 g/mol. The summed E-state index contributed by atoms with van der Waals surface area (Å²) in [6.45, 7) is 2.21. The van der Waals surface area contributed by atoms with Gasteiger partial charge in [0.15, 0.2) is 0 Å². The number of rotatable bonds is 3. The largest absolute Gasteiger partial charge is 0.396 e. The van der Waals surface area contributed by atoms with Crippen LogP contribution in [0.5, 0.6) is 0 Å². The normalized spacial score (nSPS) is 14.1. The zero-order valence-electron chi connectivity index (χ0n) is 4.72. The van der Waals surface area contributed by atoms with E-state index in [0.717, 1.165) is 12.8 Å². The second-order valence-electron chi connectivity index (χ2n) is 1.84. The Balaban J connectivity index is 2.68. The lowest BCUT2D eigenvalue weighted by Gasteiger charge is -1.99. The van der Waals surface area contributed by atoms with E-state index in [1.165, 1.54) is 0 Å². The molecule has 0 rings (SSSR count).